The summed E-state index contributed by atoms with van der Waals surface area (Å²) in [5, 5.41) is 0. The summed E-state index contributed by atoms with van der Waals surface area (Å²) in [6.45, 7) is 5.22. The fraction of sp³-hybridized carbons (Fsp3) is 0.278. The predicted molar refractivity (Wildman–Crippen MR) is 86.1 cm³/mol. The maximum atomic E-state index is 12.3. The minimum Gasteiger partial charge on any atom is -0.462 e. The van der Waals surface area contributed by atoms with E-state index in [0.29, 0.717) is 18.8 Å². The first kappa shape index (κ1) is 15.2. The number of nitrogens with zero attached hydrogens (tertiary/aromatic N) is 1. The minimum absolute atomic E-state index is 0.0563. The van der Waals surface area contributed by atoms with Gasteiger partial charge in [-0.3, -0.25) is 4.79 Å². The van der Waals surface area contributed by atoms with Crippen LogP contribution in [0.1, 0.15) is 24.0 Å². The Morgan fingerprint density at radius 3 is 2.78 bits per heavy atom. The van der Waals surface area contributed by atoms with Gasteiger partial charge < -0.3 is 18.8 Å². The molecule has 2 aromatic rings. The van der Waals surface area contributed by atoms with E-state index in [9.17, 15) is 4.79 Å². The number of benzene rings is 1. The van der Waals surface area contributed by atoms with Gasteiger partial charge in [0.25, 0.3) is 0 Å². The number of likely N-dealkylation sites (N-methyl/N-ethyl adjacent to an activating group) is 1. The van der Waals surface area contributed by atoms with Crippen LogP contribution >= 0.6 is 0 Å². The molecule has 1 aromatic heterocycles. The molecule has 0 saturated carbocycles. The van der Waals surface area contributed by atoms with Crippen LogP contribution in [0.15, 0.2) is 40.8 Å². The Labute approximate surface area is 135 Å². The molecule has 5 nitrogen and oxygen atoms in total. The number of hydrogen-bond donors (Lipinski definition) is 0. The summed E-state index contributed by atoms with van der Waals surface area (Å²) < 4.78 is 16.1. The molecule has 0 radical (unpaired) electrons. The molecule has 3 rings (SSSR count). The Morgan fingerprint density at radius 2 is 2.04 bits per heavy atom. The molecule has 2 heterocycles. The van der Waals surface area contributed by atoms with E-state index in [4.69, 9.17) is 13.9 Å². The normalized spacial score (nSPS) is 12.8. The predicted octanol–water partition coefficient (Wildman–Crippen LogP) is 3.38. The van der Waals surface area contributed by atoms with Crippen molar-refractivity contribution in [1.82, 2.24) is 4.90 Å². The molecule has 0 saturated heterocycles. The van der Waals surface area contributed by atoms with E-state index >= 15 is 0 Å². The summed E-state index contributed by atoms with van der Waals surface area (Å²) >= 11 is 0. The second kappa shape index (κ2) is 6.60. The lowest BCUT2D eigenvalue weighted by molar-refractivity contribution is -0.126. The number of hydrogen-bond acceptors (Lipinski definition) is 4. The number of fused-ring (bicyclic) bond motifs is 1. The van der Waals surface area contributed by atoms with Crippen LogP contribution < -0.4 is 9.47 Å². The lowest BCUT2D eigenvalue weighted by Gasteiger charge is -2.19. The van der Waals surface area contributed by atoms with Gasteiger partial charge in [-0.1, -0.05) is 6.07 Å². The van der Waals surface area contributed by atoms with Crippen LogP contribution in [0.25, 0.3) is 6.08 Å². The first-order chi connectivity index (χ1) is 11.2. The third-order valence-electron chi connectivity index (χ3n) is 3.66. The van der Waals surface area contributed by atoms with Crippen molar-refractivity contribution in [3.63, 3.8) is 0 Å². The molecule has 120 valence electrons. The number of aryl methyl sites for hydroxylation is 1. The number of rotatable bonds is 5. The number of ether oxygens (including phenoxy) is 2. The molecule has 0 unspecified atom stereocenters. The average molecular weight is 313 g/mol. The standard InChI is InChI=1S/C18H19NO4/c1-3-19(18(20)9-7-15-6-4-13(2)23-15)11-14-5-8-16-17(10-14)22-12-21-16/h4-10H,3,11-12H2,1-2H3. The van der Waals surface area contributed by atoms with Crippen LogP contribution in [0.5, 0.6) is 11.5 Å². The molecule has 1 aliphatic heterocycles. The molecule has 0 bridgehead atoms. The highest BCUT2D eigenvalue weighted by Crippen LogP contribution is 2.32. The van der Waals surface area contributed by atoms with Crippen LogP contribution in [0.4, 0.5) is 0 Å². The number of carbonyl (C=O) groups excluding carboxylic acids is 1. The summed E-state index contributed by atoms with van der Waals surface area (Å²) in [6, 6.07) is 9.44. The van der Waals surface area contributed by atoms with Crippen LogP contribution in [0.2, 0.25) is 0 Å². The maximum Gasteiger partial charge on any atom is 0.246 e. The smallest absolute Gasteiger partial charge is 0.246 e. The first-order valence-electron chi connectivity index (χ1n) is 7.57. The number of furan rings is 1. The summed E-state index contributed by atoms with van der Waals surface area (Å²) in [7, 11) is 0. The monoisotopic (exact) mass is 313 g/mol. The van der Waals surface area contributed by atoms with Gasteiger partial charge in [-0.2, -0.15) is 0 Å². The van der Waals surface area contributed by atoms with Gasteiger partial charge >= 0.3 is 0 Å². The lowest BCUT2D eigenvalue weighted by Crippen LogP contribution is -2.28. The zero-order chi connectivity index (χ0) is 16.2. The van der Waals surface area contributed by atoms with Crippen LogP contribution in [0, 0.1) is 6.92 Å². The van der Waals surface area contributed by atoms with Crippen molar-refractivity contribution in [2.45, 2.75) is 20.4 Å². The van der Waals surface area contributed by atoms with Gasteiger partial charge in [0.1, 0.15) is 11.5 Å². The highest BCUT2D eigenvalue weighted by molar-refractivity contribution is 5.91. The third-order valence-corrected chi connectivity index (χ3v) is 3.66. The second-order valence-electron chi connectivity index (χ2n) is 5.32. The molecule has 23 heavy (non-hydrogen) atoms. The van der Waals surface area contributed by atoms with Crippen molar-refractivity contribution in [2.75, 3.05) is 13.3 Å². The lowest BCUT2D eigenvalue weighted by atomic mass is 10.2. The molecule has 1 amide bonds. The first-order valence-corrected chi connectivity index (χ1v) is 7.57. The molecule has 0 atom stereocenters. The fourth-order valence-electron chi connectivity index (χ4n) is 2.41. The molecule has 0 N–H and O–H groups in total. The Morgan fingerprint density at radius 1 is 1.22 bits per heavy atom. The average Bonchev–Trinajstić information content (AvgIpc) is 3.18. The largest absolute Gasteiger partial charge is 0.462 e. The number of amides is 1. The summed E-state index contributed by atoms with van der Waals surface area (Å²) in [4.78, 5) is 14.1. The van der Waals surface area contributed by atoms with Crippen LogP contribution in [0.3, 0.4) is 0 Å². The van der Waals surface area contributed by atoms with E-state index in [2.05, 4.69) is 0 Å². The van der Waals surface area contributed by atoms with Crippen molar-refractivity contribution >= 4 is 12.0 Å². The van der Waals surface area contributed by atoms with Crippen LogP contribution in [-0.4, -0.2) is 24.1 Å². The third kappa shape index (κ3) is 3.56. The molecule has 0 aliphatic carbocycles. The van der Waals surface area contributed by atoms with E-state index in [1.165, 1.54) is 6.08 Å². The molecule has 0 spiro atoms. The van der Waals surface area contributed by atoms with E-state index in [1.54, 1.807) is 11.0 Å². The molecular weight excluding hydrogens is 294 g/mol. The van der Waals surface area contributed by atoms with Gasteiger partial charge in [0.05, 0.1) is 0 Å². The second-order valence-corrected chi connectivity index (χ2v) is 5.32. The van der Waals surface area contributed by atoms with Gasteiger partial charge in [-0.05, 0) is 49.8 Å². The van der Waals surface area contributed by atoms with Crippen molar-refractivity contribution < 1.29 is 18.7 Å². The maximum absolute atomic E-state index is 12.3. The molecule has 1 aliphatic rings. The zero-order valence-corrected chi connectivity index (χ0v) is 13.2. The zero-order valence-electron chi connectivity index (χ0n) is 13.2. The van der Waals surface area contributed by atoms with Crippen molar-refractivity contribution in [1.29, 1.82) is 0 Å². The Kier molecular flexibility index (Phi) is 4.37. The molecule has 1 aromatic carbocycles. The SMILES string of the molecule is CCN(Cc1ccc2c(c1)OCO2)C(=O)C=Cc1ccc(C)o1. The minimum atomic E-state index is -0.0563. The summed E-state index contributed by atoms with van der Waals surface area (Å²) in [5.74, 6) is 2.92. The summed E-state index contributed by atoms with van der Waals surface area (Å²) in [6.07, 6.45) is 3.23. The quantitative estimate of drug-likeness (QED) is 0.794. The fourth-order valence-corrected chi connectivity index (χ4v) is 2.41. The topological polar surface area (TPSA) is 51.9 Å². The van der Waals surface area contributed by atoms with Gasteiger partial charge in [-0.15, -0.1) is 0 Å². The van der Waals surface area contributed by atoms with E-state index in [0.717, 1.165) is 22.8 Å². The van der Waals surface area contributed by atoms with Crippen molar-refractivity contribution in [3.05, 3.63) is 53.5 Å². The highest BCUT2D eigenvalue weighted by atomic mass is 16.7. The van der Waals surface area contributed by atoms with E-state index < -0.39 is 0 Å². The van der Waals surface area contributed by atoms with Gasteiger partial charge in [0, 0.05) is 19.2 Å². The molecule has 5 heteroatoms. The summed E-state index contributed by atoms with van der Waals surface area (Å²) in [5.41, 5.74) is 1.01. The Bertz CT molecular complexity index is 732. The highest BCUT2D eigenvalue weighted by Gasteiger charge is 2.15. The van der Waals surface area contributed by atoms with E-state index in [1.807, 2.05) is 44.2 Å². The van der Waals surface area contributed by atoms with Crippen molar-refractivity contribution in [3.8, 4) is 11.5 Å². The Hall–Kier alpha value is -2.69. The number of carbonyl (C=O) groups is 1. The van der Waals surface area contributed by atoms with Gasteiger partial charge in [0.15, 0.2) is 11.5 Å². The van der Waals surface area contributed by atoms with Gasteiger partial charge in [0.2, 0.25) is 12.7 Å². The van der Waals surface area contributed by atoms with Gasteiger partial charge in [-0.25, -0.2) is 0 Å². The van der Waals surface area contributed by atoms with Crippen molar-refractivity contribution in [2.24, 2.45) is 0 Å². The van der Waals surface area contributed by atoms with E-state index in [-0.39, 0.29) is 12.7 Å². The molecular formula is C18H19NO4. The van der Waals surface area contributed by atoms with Crippen LogP contribution in [-0.2, 0) is 11.3 Å². The Balaban J connectivity index is 1.67. The molecule has 0 fully saturated rings.